The molecule has 5 nitrogen and oxygen atoms in total. The van der Waals surface area contributed by atoms with Crippen LogP contribution in [-0.2, 0) is 11.3 Å². The topological polar surface area (TPSA) is 64.0 Å². The van der Waals surface area contributed by atoms with E-state index in [0.29, 0.717) is 21.8 Å². The Hall–Kier alpha value is -2.96. The average molecular weight is 410 g/mol. The van der Waals surface area contributed by atoms with Gasteiger partial charge in [-0.25, -0.2) is 4.68 Å². The molecule has 0 spiro atoms. The van der Waals surface area contributed by atoms with Gasteiger partial charge in [-0.3, -0.25) is 9.59 Å². The minimum atomic E-state index is -0.345. The summed E-state index contributed by atoms with van der Waals surface area (Å²) in [6.45, 7) is 1.70. The number of nitrogens with zero attached hydrogens (tertiary/aromatic N) is 2. The van der Waals surface area contributed by atoms with E-state index in [9.17, 15) is 9.59 Å². The lowest BCUT2D eigenvalue weighted by molar-refractivity contribution is -0.117. The van der Waals surface area contributed by atoms with Crippen LogP contribution in [0.4, 0.5) is 5.69 Å². The van der Waals surface area contributed by atoms with E-state index in [2.05, 4.69) is 10.4 Å². The van der Waals surface area contributed by atoms with Crippen LogP contribution in [0.25, 0.3) is 21.3 Å². The molecule has 0 fully saturated rings. The molecular weight excluding hydrogens is 394 g/mol. The van der Waals surface area contributed by atoms with E-state index < -0.39 is 0 Å². The maximum Gasteiger partial charge on any atom is 0.275 e. The molecule has 0 aliphatic carbocycles. The quantitative estimate of drug-likeness (QED) is 0.530. The summed E-state index contributed by atoms with van der Waals surface area (Å²) in [6, 6.07) is 16.5. The SMILES string of the molecule is Cc1ccc(NC(=O)Cn2nc(-c3cccs3)c3ccccc3c2=O)cc1Cl. The molecule has 4 rings (SSSR count). The summed E-state index contributed by atoms with van der Waals surface area (Å²) in [6.07, 6.45) is 0. The second-order valence-corrected chi connectivity index (χ2v) is 7.70. The van der Waals surface area contributed by atoms with Crippen LogP contribution >= 0.6 is 22.9 Å². The van der Waals surface area contributed by atoms with Crippen LogP contribution in [-0.4, -0.2) is 15.7 Å². The first-order chi connectivity index (χ1) is 13.5. The van der Waals surface area contributed by atoms with Gasteiger partial charge in [0.05, 0.1) is 10.3 Å². The minimum absolute atomic E-state index is 0.187. The number of aromatic nitrogens is 2. The third-order valence-corrected chi connectivity index (χ3v) is 5.66. The van der Waals surface area contributed by atoms with Crippen LogP contribution in [0.3, 0.4) is 0 Å². The molecule has 0 aliphatic rings. The lowest BCUT2D eigenvalue weighted by atomic mass is 10.1. The highest BCUT2D eigenvalue weighted by Gasteiger charge is 2.15. The van der Waals surface area contributed by atoms with Gasteiger partial charge < -0.3 is 5.32 Å². The number of hydrogen-bond acceptors (Lipinski definition) is 4. The van der Waals surface area contributed by atoms with Gasteiger partial charge in [0.25, 0.3) is 5.56 Å². The highest BCUT2D eigenvalue weighted by Crippen LogP contribution is 2.28. The summed E-state index contributed by atoms with van der Waals surface area (Å²) >= 11 is 7.64. The van der Waals surface area contributed by atoms with Crippen molar-refractivity contribution in [2.45, 2.75) is 13.5 Å². The molecule has 0 unspecified atom stereocenters. The molecule has 2 aromatic carbocycles. The Balaban J connectivity index is 1.70. The molecule has 28 heavy (non-hydrogen) atoms. The molecule has 1 N–H and O–H groups in total. The number of halogens is 1. The van der Waals surface area contributed by atoms with E-state index in [0.717, 1.165) is 15.8 Å². The molecule has 1 amide bonds. The first-order valence-electron chi connectivity index (χ1n) is 8.62. The maximum atomic E-state index is 12.8. The van der Waals surface area contributed by atoms with Gasteiger partial charge in [-0.2, -0.15) is 5.10 Å². The first kappa shape index (κ1) is 18.4. The summed E-state index contributed by atoms with van der Waals surface area (Å²) in [5.41, 5.74) is 1.89. The number of aryl methyl sites for hydroxylation is 1. The van der Waals surface area contributed by atoms with Crippen molar-refractivity contribution in [1.29, 1.82) is 0 Å². The molecule has 0 saturated heterocycles. The first-order valence-corrected chi connectivity index (χ1v) is 9.88. The van der Waals surface area contributed by atoms with Crippen LogP contribution in [0.2, 0.25) is 5.02 Å². The van der Waals surface area contributed by atoms with Crippen LogP contribution in [0.1, 0.15) is 5.56 Å². The van der Waals surface area contributed by atoms with Gasteiger partial charge in [0.15, 0.2) is 0 Å². The van der Waals surface area contributed by atoms with Gasteiger partial charge in [-0.15, -0.1) is 11.3 Å². The molecule has 2 aromatic heterocycles. The maximum absolute atomic E-state index is 12.8. The molecule has 0 bridgehead atoms. The molecule has 0 saturated carbocycles. The van der Waals surface area contributed by atoms with Crippen molar-refractivity contribution >= 4 is 45.3 Å². The van der Waals surface area contributed by atoms with Crippen molar-refractivity contribution < 1.29 is 4.79 Å². The second-order valence-electron chi connectivity index (χ2n) is 6.35. The number of thiophene rings is 1. The van der Waals surface area contributed by atoms with Crippen molar-refractivity contribution in [3.63, 3.8) is 0 Å². The molecule has 2 heterocycles. The van der Waals surface area contributed by atoms with Crippen molar-refractivity contribution in [1.82, 2.24) is 9.78 Å². The summed E-state index contributed by atoms with van der Waals surface area (Å²) < 4.78 is 1.21. The van der Waals surface area contributed by atoms with Gasteiger partial charge in [-0.05, 0) is 42.1 Å². The fourth-order valence-corrected chi connectivity index (χ4v) is 3.85. The highest BCUT2D eigenvalue weighted by atomic mass is 35.5. The van der Waals surface area contributed by atoms with Gasteiger partial charge in [0.1, 0.15) is 12.2 Å². The lowest BCUT2D eigenvalue weighted by Gasteiger charge is -2.11. The van der Waals surface area contributed by atoms with E-state index in [1.54, 1.807) is 24.3 Å². The largest absolute Gasteiger partial charge is 0.324 e. The molecule has 0 aliphatic heterocycles. The number of amides is 1. The van der Waals surface area contributed by atoms with E-state index in [1.807, 2.05) is 42.6 Å². The fourth-order valence-electron chi connectivity index (χ4n) is 2.94. The number of hydrogen-bond donors (Lipinski definition) is 1. The molecule has 140 valence electrons. The predicted octanol–water partition coefficient (Wildman–Crippen LogP) is 4.73. The number of fused-ring (bicyclic) bond motifs is 1. The van der Waals surface area contributed by atoms with Crippen LogP contribution in [0.15, 0.2) is 64.8 Å². The number of rotatable bonds is 4. The minimum Gasteiger partial charge on any atom is -0.324 e. The van der Waals surface area contributed by atoms with Gasteiger partial charge in [0.2, 0.25) is 5.91 Å². The molecular formula is C21H16ClN3O2S. The summed E-state index contributed by atoms with van der Waals surface area (Å²) in [4.78, 5) is 26.3. The zero-order chi connectivity index (χ0) is 19.7. The van der Waals surface area contributed by atoms with Gasteiger partial charge in [0, 0.05) is 16.1 Å². The standard InChI is InChI=1S/C21H16ClN3O2S/c1-13-8-9-14(11-17(13)22)23-19(26)12-25-21(27)16-6-3-2-5-15(16)20(24-25)18-7-4-10-28-18/h2-11H,12H2,1H3,(H,23,26). The smallest absolute Gasteiger partial charge is 0.275 e. The third-order valence-electron chi connectivity index (χ3n) is 4.37. The molecule has 0 radical (unpaired) electrons. The predicted molar refractivity (Wildman–Crippen MR) is 114 cm³/mol. The van der Waals surface area contributed by atoms with E-state index in [4.69, 9.17) is 11.6 Å². The fraction of sp³-hybridized carbons (Fsp3) is 0.0952. The Morgan fingerprint density at radius 1 is 1.14 bits per heavy atom. The van der Waals surface area contributed by atoms with E-state index in [1.165, 1.54) is 16.0 Å². The van der Waals surface area contributed by atoms with Crippen molar-refractivity contribution in [2.24, 2.45) is 0 Å². The summed E-state index contributed by atoms with van der Waals surface area (Å²) in [5.74, 6) is -0.345. The Morgan fingerprint density at radius 3 is 2.64 bits per heavy atom. The van der Waals surface area contributed by atoms with Gasteiger partial charge in [-0.1, -0.05) is 41.9 Å². The highest BCUT2D eigenvalue weighted by molar-refractivity contribution is 7.13. The number of carbonyl (C=O) groups excluding carboxylic acids is 1. The van der Waals surface area contributed by atoms with E-state index >= 15 is 0 Å². The van der Waals surface area contributed by atoms with Crippen LogP contribution in [0, 0.1) is 6.92 Å². The van der Waals surface area contributed by atoms with Crippen molar-refractivity contribution in [3.8, 4) is 10.6 Å². The summed E-state index contributed by atoms with van der Waals surface area (Å²) in [5, 5.41) is 11.1. The van der Waals surface area contributed by atoms with Gasteiger partial charge >= 0.3 is 0 Å². The Kier molecular flexibility index (Phi) is 4.98. The monoisotopic (exact) mass is 409 g/mol. The van der Waals surface area contributed by atoms with Crippen molar-refractivity contribution in [3.05, 3.63) is 80.9 Å². The van der Waals surface area contributed by atoms with Crippen LogP contribution in [0.5, 0.6) is 0 Å². The summed E-state index contributed by atoms with van der Waals surface area (Å²) in [7, 11) is 0. The molecule has 7 heteroatoms. The molecule has 0 atom stereocenters. The Bertz CT molecular complexity index is 1230. The Morgan fingerprint density at radius 2 is 1.93 bits per heavy atom. The second kappa shape index (κ2) is 7.58. The van der Waals surface area contributed by atoms with Crippen LogP contribution < -0.4 is 10.9 Å². The normalized spacial score (nSPS) is 10.9. The lowest BCUT2D eigenvalue weighted by Crippen LogP contribution is -2.30. The van der Waals surface area contributed by atoms with E-state index in [-0.39, 0.29) is 18.0 Å². The average Bonchev–Trinajstić information content (AvgIpc) is 3.21. The molecule has 4 aromatic rings. The zero-order valence-electron chi connectivity index (χ0n) is 15.0. The third kappa shape index (κ3) is 3.56. The number of nitrogens with one attached hydrogen (secondary N) is 1. The zero-order valence-corrected chi connectivity index (χ0v) is 16.6. The van der Waals surface area contributed by atoms with Crippen molar-refractivity contribution in [2.75, 3.05) is 5.32 Å². The number of benzene rings is 2. The number of carbonyl (C=O) groups is 1. The Labute approximate surface area is 170 Å². The number of anilines is 1.